The topological polar surface area (TPSA) is 70.2 Å². The molecule has 0 heterocycles. The van der Waals surface area contributed by atoms with Gasteiger partial charge in [0.25, 0.3) is 0 Å². The molecule has 3 amide bonds. The summed E-state index contributed by atoms with van der Waals surface area (Å²) in [5, 5.41) is 8.31. The van der Waals surface area contributed by atoms with E-state index in [1.807, 2.05) is 56.3 Å². The Bertz CT molecular complexity index is 704. The monoisotopic (exact) mass is 437 g/mol. The van der Waals surface area contributed by atoms with Crippen molar-refractivity contribution in [1.82, 2.24) is 5.32 Å². The Labute approximate surface area is 155 Å². The molecule has 0 fully saturated rings. The number of benzene rings is 2. The van der Waals surface area contributed by atoms with Crippen LogP contribution in [0.15, 0.2) is 54.6 Å². The molecule has 0 aliphatic carbocycles. The molecular weight excluding hydrogens is 417 g/mol. The zero-order valence-electron chi connectivity index (χ0n) is 13.5. The second-order valence-electron chi connectivity index (χ2n) is 5.69. The maximum Gasteiger partial charge on any atom is 0.319 e. The minimum Gasteiger partial charge on any atom is -0.326 e. The summed E-state index contributed by atoms with van der Waals surface area (Å²) in [6, 6.07) is 15.6. The lowest BCUT2D eigenvalue weighted by molar-refractivity contribution is -0.118. The van der Waals surface area contributed by atoms with Crippen LogP contribution in [0.1, 0.15) is 13.8 Å². The van der Waals surface area contributed by atoms with Gasteiger partial charge in [-0.2, -0.15) is 0 Å². The number of hydrogen-bond acceptors (Lipinski definition) is 2. The van der Waals surface area contributed by atoms with Crippen LogP contribution in [0.5, 0.6) is 0 Å². The van der Waals surface area contributed by atoms with E-state index in [9.17, 15) is 9.59 Å². The fourth-order valence-corrected chi connectivity index (χ4v) is 2.69. The Hall–Kier alpha value is -2.09. The zero-order valence-corrected chi connectivity index (χ0v) is 15.7. The Balaban J connectivity index is 2.00. The van der Waals surface area contributed by atoms with Crippen molar-refractivity contribution >= 4 is 45.9 Å². The van der Waals surface area contributed by atoms with Gasteiger partial charge in [-0.15, -0.1) is 0 Å². The summed E-state index contributed by atoms with van der Waals surface area (Å²) in [4.78, 5) is 24.6. The highest BCUT2D eigenvalue weighted by Crippen LogP contribution is 2.14. The molecule has 2 rings (SSSR count). The van der Waals surface area contributed by atoms with Crippen LogP contribution in [0.25, 0.3) is 0 Å². The third-order valence-electron chi connectivity index (χ3n) is 3.36. The van der Waals surface area contributed by atoms with E-state index in [2.05, 4.69) is 38.5 Å². The maximum absolute atomic E-state index is 12.5. The van der Waals surface area contributed by atoms with Crippen LogP contribution in [0.4, 0.5) is 16.2 Å². The molecule has 3 N–H and O–H groups in total. The molecule has 126 valence electrons. The van der Waals surface area contributed by atoms with Gasteiger partial charge in [0.05, 0.1) is 0 Å². The predicted molar refractivity (Wildman–Crippen MR) is 105 cm³/mol. The molecule has 1 atom stereocenters. The van der Waals surface area contributed by atoms with E-state index < -0.39 is 12.1 Å². The van der Waals surface area contributed by atoms with Gasteiger partial charge in [-0.05, 0) is 58.8 Å². The van der Waals surface area contributed by atoms with Crippen LogP contribution >= 0.6 is 22.6 Å². The van der Waals surface area contributed by atoms with Crippen LogP contribution in [0.2, 0.25) is 0 Å². The lowest BCUT2D eigenvalue weighted by atomic mass is 10.0. The van der Waals surface area contributed by atoms with Crippen molar-refractivity contribution < 1.29 is 9.59 Å². The van der Waals surface area contributed by atoms with Crippen molar-refractivity contribution in [2.45, 2.75) is 19.9 Å². The average molecular weight is 437 g/mol. The zero-order chi connectivity index (χ0) is 17.5. The standard InChI is InChI=1S/C18H20IN3O2/c1-12(2)16(17(23)20-15-10-6-7-13(19)11-15)22-18(24)21-14-8-4-3-5-9-14/h3-12,16H,1-2H3,(H,20,23)(H2,21,22,24)/t16-/m1/s1. The summed E-state index contributed by atoms with van der Waals surface area (Å²) in [7, 11) is 0. The maximum atomic E-state index is 12.5. The minimum atomic E-state index is -0.633. The summed E-state index contributed by atoms with van der Waals surface area (Å²) in [5.74, 6) is -0.287. The van der Waals surface area contributed by atoms with Gasteiger partial charge in [-0.1, -0.05) is 38.1 Å². The van der Waals surface area contributed by atoms with E-state index in [-0.39, 0.29) is 11.8 Å². The second kappa shape index (κ2) is 8.68. The summed E-state index contributed by atoms with van der Waals surface area (Å²) in [6.07, 6.45) is 0. The van der Waals surface area contributed by atoms with Crippen LogP contribution in [-0.2, 0) is 4.79 Å². The van der Waals surface area contributed by atoms with Gasteiger partial charge >= 0.3 is 6.03 Å². The fourth-order valence-electron chi connectivity index (χ4n) is 2.15. The summed E-state index contributed by atoms with van der Waals surface area (Å²) in [6.45, 7) is 3.78. The molecule has 0 spiro atoms. The van der Waals surface area contributed by atoms with Gasteiger partial charge in [0.1, 0.15) is 6.04 Å². The summed E-state index contributed by atoms with van der Waals surface area (Å²) >= 11 is 2.18. The number of urea groups is 1. The number of carbonyl (C=O) groups is 2. The van der Waals surface area contributed by atoms with Crippen molar-refractivity contribution in [2.75, 3.05) is 10.6 Å². The number of anilines is 2. The van der Waals surface area contributed by atoms with E-state index in [0.29, 0.717) is 11.4 Å². The molecule has 0 aromatic heterocycles. The van der Waals surface area contributed by atoms with Crippen LogP contribution in [-0.4, -0.2) is 18.0 Å². The number of amides is 3. The minimum absolute atomic E-state index is 0.0469. The largest absolute Gasteiger partial charge is 0.326 e. The molecule has 6 heteroatoms. The molecule has 2 aromatic rings. The number of carbonyl (C=O) groups excluding carboxylic acids is 2. The second-order valence-corrected chi connectivity index (χ2v) is 6.93. The quantitative estimate of drug-likeness (QED) is 0.618. The highest BCUT2D eigenvalue weighted by atomic mass is 127. The van der Waals surface area contributed by atoms with E-state index in [1.165, 1.54) is 0 Å². The van der Waals surface area contributed by atoms with Crippen molar-refractivity contribution in [3.63, 3.8) is 0 Å². The van der Waals surface area contributed by atoms with Gasteiger partial charge in [-0.3, -0.25) is 4.79 Å². The average Bonchev–Trinajstić information content (AvgIpc) is 2.53. The first kappa shape index (κ1) is 18.3. The Morgan fingerprint density at radius 1 is 0.917 bits per heavy atom. The summed E-state index contributed by atoms with van der Waals surface area (Å²) < 4.78 is 1.03. The number of nitrogens with one attached hydrogen (secondary N) is 3. The van der Waals surface area contributed by atoms with Crippen LogP contribution < -0.4 is 16.0 Å². The molecule has 0 bridgehead atoms. The first-order valence-corrected chi connectivity index (χ1v) is 8.72. The Morgan fingerprint density at radius 3 is 2.21 bits per heavy atom. The Kier molecular flexibility index (Phi) is 6.60. The Morgan fingerprint density at radius 2 is 1.58 bits per heavy atom. The highest BCUT2D eigenvalue weighted by molar-refractivity contribution is 14.1. The number of para-hydroxylation sites is 1. The van der Waals surface area contributed by atoms with Gasteiger partial charge in [0.2, 0.25) is 5.91 Å². The van der Waals surface area contributed by atoms with Gasteiger partial charge in [-0.25, -0.2) is 4.79 Å². The van der Waals surface area contributed by atoms with Gasteiger partial charge < -0.3 is 16.0 Å². The third-order valence-corrected chi connectivity index (χ3v) is 4.03. The first-order valence-electron chi connectivity index (χ1n) is 7.64. The molecule has 0 aliphatic heterocycles. The fraction of sp³-hybridized carbons (Fsp3) is 0.222. The molecule has 0 saturated heterocycles. The lowest BCUT2D eigenvalue weighted by Crippen LogP contribution is -2.48. The number of halogens is 1. The highest BCUT2D eigenvalue weighted by Gasteiger charge is 2.24. The predicted octanol–water partition coefficient (Wildman–Crippen LogP) is 4.08. The first-order chi connectivity index (χ1) is 11.5. The van der Waals surface area contributed by atoms with Crippen molar-refractivity contribution in [3.8, 4) is 0 Å². The molecule has 0 radical (unpaired) electrons. The normalized spacial score (nSPS) is 11.7. The van der Waals surface area contributed by atoms with E-state index in [4.69, 9.17) is 0 Å². The molecule has 2 aromatic carbocycles. The lowest BCUT2D eigenvalue weighted by Gasteiger charge is -2.22. The van der Waals surface area contributed by atoms with Crippen molar-refractivity contribution in [3.05, 3.63) is 58.2 Å². The third kappa shape index (κ3) is 5.52. The van der Waals surface area contributed by atoms with Crippen LogP contribution in [0.3, 0.4) is 0 Å². The smallest absolute Gasteiger partial charge is 0.319 e. The van der Waals surface area contributed by atoms with E-state index >= 15 is 0 Å². The molecule has 5 nitrogen and oxygen atoms in total. The van der Waals surface area contributed by atoms with Crippen LogP contribution in [0, 0.1) is 9.49 Å². The van der Waals surface area contributed by atoms with Crippen molar-refractivity contribution in [1.29, 1.82) is 0 Å². The number of hydrogen-bond donors (Lipinski definition) is 3. The molecule has 0 aliphatic rings. The molecule has 0 saturated carbocycles. The van der Waals surface area contributed by atoms with E-state index in [1.54, 1.807) is 12.1 Å². The van der Waals surface area contributed by atoms with Gasteiger partial charge in [0, 0.05) is 14.9 Å². The number of rotatable bonds is 5. The molecule has 24 heavy (non-hydrogen) atoms. The van der Waals surface area contributed by atoms with Gasteiger partial charge in [0.15, 0.2) is 0 Å². The molecular formula is C18H20IN3O2. The molecule has 0 unspecified atom stereocenters. The van der Waals surface area contributed by atoms with Crippen molar-refractivity contribution in [2.24, 2.45) is 5.92 Å². The summed E-state index contributed by atoms with van der Waals surface area (Å²) in [5.41, 5.74) is 1.39. The SMILES string of the molecule is CC(C)[C@@H](NC(=O)Nc1ccccc1)C(=O)Nc1cccc(I)c1. The van der Waals surface area contributed by atoms with E-state index in [0.717, 1.165) is 3.57 Å².